The highest BCUT2D eigenvalue weighted by Gasteiger charge is 2.39. The maximum atomic E-state index is 11.6. The van der Waals surface area contributed by atoms with Gasteiger partial charge in [0.15, 0.2) is 0 Å². The molecule has 0 spiro atoms. The van der Waals surface area contributed by atoms with Crippen molar-refractivity contribution in [3.8, 4) is 0 Å². The van der Waals surface area contributed by atoms with E-state index in [1.54, 1.807) is 28.2 Å². The van der Waals surface area contributed by atoms with E-state index in [2.05, 4.69) is 10.6 Å². The van der Waals surface area contributed by atoms with Crippen LogP contribution in [0, 0.1) is 0 Å². The summed E-state index contributed by atoms with van der Waals surface area (Å²) in [6.45, 7) is 0.490. The van der Waals surface area contributed by atoms with E-state index in [9.17, 15) is 9.59 Å². The number of amides is 4. The van der Waals surface area contributed by atoms with Crippen LogP contribution in [0.3, 0.4) is 0 Å². The van der Waals surface area contributed by atoms with E-state index in [0.717, 1.165) is 19.3 Å². The minimum Gasteiger partial charge on any atom is -0.336 e. The summed E-state index contributed by atoms with van der Waals surface area (Å²) >= 11 is 0. The number of rotatable bonds is 3. The van der Waals surface area contributed by atoms with Crippen molar-refractivity contribution < 1.29 is 9.59 Å². The first kappa shape index (κ1) is 13.6. The molecular formula is C11H22N4O2. The molecule has 6 heteroatoms. The van der Waals surface area contributed by atoms with Gasteiger partial charge in [-0.05, 0) is 19.3 Å². The SMILES string of the molecule is CN(C)C(=O)NCC1(NC(=O)N(C)C)CCC1. The molecule has 1 fully saturated rings. The van der Waals surface area contributed by atoms with Crippen LogP contribution in [-0.4, -0.2) is 62.1 Å². The Hall–Kier alpha value is -1.46. The minimum atomic E-state index is -0.257. The van der Waals surface area contributed by atoms with Crippen LogP contribution in [0.4, 0.5) is 9.59 Å². The van der Waals surface area contributed by atoms with Crippen LogP contribution in [0.2, 0.25) is 0 Å². The second-order valence-corrected chi connectivity index (χ2v) is 5.01. The fourth-order valence-corrected chi connectivity index (χ4v) is 1.69. The molecule has 6 nitrogen and oxygen atoms in total. The highest BCUT2D eigenvalue weighted by molar-refractivity contribution is 5.75. The fourth-order valence-electron chi connectivity index (χ4n) is 1.69. The van der Waals surface area contributed by atoms with Gasteiger partial charge in [0.1, 0.15) is 0 Å². The summed E-state index contributed by atoms with van der Waals surface area (Å²) < 4.78 is 0. The maximum absolute atomic E-state index is 11.6. The van der Waals surface area contributed by atoms with Crippen molar-refractivity contribution in [2.45, 2.75) is 24.8 Å². The van der Waals surface area contributed by atoms with Gasteiger partial charge in [0, 0.05) is 34.7 Å². The van der Waals surface area contributed by atoms with Gasteiger partial charge in [0.2, 0.25) is 0 Å². The van der Waals surface area contributed by atoms with Gasteiger partial charge in [-0.1, -0.05) is 0 Å². The molecule has 0 heterocycles. The minimum absolute atomic E-state index is 0.108. The molecule has 1 rings (SSSR count). The van der Waals surface area contributed by atoms with Crippen LogP contribution >= 0.6 is 0 Å². The van der Waals surface area contributed by atoms with Crippen LogP contribution < -0.4 is 10.6 Å². The molecule has 1 aliphatic carbocycles. The van der Waals surface area contributed by atoms with E-state index >= 15 is 0 Å². The molecule has 0 aromatic carbocycles. The van der Waals surface area contributed by atoms with Crippen molar-refractivity contribution in [2.75, 3.05) is 34.7 Å². The van der Waals surface area contributed by atoms with Crippen molar-refractivity contribution in [1.29, 1.82) is 0 Å². The predicted octanol–water partition coefficient (Wildman–Crippen LogP) is 0.452. The molecule has 17 heavy (non-hydrogen) atoms. The molecule has 0 aromatic heterocycles. The summed E-state index contributed by atoms with van der Waals surface area (Å²) in [7, 11) is 6.81. The average molecular weight is 242 g/mol. The monoisotopic (exact) mass is 242 g/mol. The lowest BCUT2D eigenvalue weighted by Crippen LogP contribution is -2.62. The lowest BCUT2D eigenvalue weighted by atomic mass is 9.76. The first-order valence-electron chi connectivity index (χ1n) is 5.81. The maximum Gasteiger partial charge on any atom is 0.317 e. The molecule has 0 saturated heterocycles. The number of nitrogens with zero attached hydrogens (tertiary/aromatic N) is 2. The normalized spacial score (nSPS) is 16.7. The van der Waals surface area contributed by atoms with Crippen molar-refractivity contribution in [2.24, 2.45) is 0 Å². The van der Waals surface area contributed by atoms with E-state index in [4.69, 9.17) is 0 Å². The van der Waals surface area contributed by atoms with E-state index in [1.165, 1.54) is 9.80 Å². The van der Waals surface area contributed by atoms with Crippen molar-refractivity contribution >= 4 is 12.1 Å². The number of carbonyl (C=O) groups is 2. The first-order chi connectivity index (χ1) is 7.86. The zero-order chi connectivity index (χ0) is 13.1. The number of nitrogens with one attached hydrogen (secondary N) is 2. The number of hydrogen-bond donors (Lipinski definition) is 2. The molecule has 2 N–H and O–H groups in total. The average Bonchev–Trinajstić information content (AvgIpc) is 2.20. The van der Waals surface area contributed by atoms with Crippen LogP contribution in [0.25, 0.3) is 0 Å². The Labute approximate surface area is 102 Å². The van der Waals surface area contributed by atoms with Gasteiger partial charge in [-0.25, -0.2) is 9.59 Å². The molecule has 0 aromatic rings. The third kappa shape index (κ3) is 3.51. The number of urea groups is 2. The molecule has 0 unspecified atom stereocenters. The lowest BCUT2D eigenvalue weighted by Gasteiger charge is -2.43. The standard InChI is InChI=1S/C11H22N4O2/c1-14(2)9(16)12-8-11(6-5-7-11)13-10(17)15(3)4/h5-8H2,1-4H3,(H,12,16)(H,13,17). The third-order valence-electron chi connectivity index (χ3n) is 3.07. The summed E-state index contributed by atoms with van der Waals surface area (Å²) in [5, 5.41) is 5.80. The van der Waals surface area contributed by atoms with Gasteiger partial charge in [-0.3, -0.25) is 0 Å². The second-order valence-electron chi connectivity index (χ2n) is 5.01. The Morgan fingerprint density at radius 1 is 1.06 bits per heavy atom. The Kier molecular flexibility index (Phi) is 4.20. The Morgan fingerprint density at radius 2 is 1.59 bits per heavy atom. The molecule has 0 aliphatic heterocycles. The highest BCUT2D eigenvalue weighted by Crippen LogP contribution is 2.31. The van der Waals surface area contributed by atoms with Crippen molar-refractivity contribution in [3.05, 3.63) is 0 Å². The van der Waals surface area contributed by atoms with Gasteiger partial charge in [-0.15, -0.1) is 0 Å². The van der Waals surface area contributed by atoms with Crippen molar-refractivity contribution in [3.63, 3.8) is 0 Å². The molecule has 4 amide bonds. The Balaban J connectivity index is 2.47. The molecule has 1 aliphatic rings. The van der Waals surface area contributed by atoms with Crippen LogP contribution in [0.15, 0.2) is 0 Å². The topological polar surface area (TPSA) is 64.7 Å². The van der Waals surface area contributed by atoms with Gasteiger partial charge in [-0.2, -0.15) is 0 Å². The van der Waals surface area contributed by atoms with Gasteiger partial charge in [0.05, 0.1) is 5.54 Å². The fraction of sp³-hybridized carbons (Fsp3) is 0.818. The van der Waals surface area contributed by atoms with E-state index in [1.807, 2.05) is 0 Å². The summed E-state index contributed by atoms with van der Waals surface area (Å²) in [5.41, 5.74) is -0.257. The Morgan fingerprint density at radius 3 is 1.94 bits per heavy atom. The number of carbonyl (C=O) groups excluding carboxylic acids is 2. The van der Waals surface area contributed by atoms with E-state index in [0.29, 0.717) is 6.54 Å². The van der Waals surface area contributed by atoms with Gasteiger partial charge >= 0.3 is 12.1 Å². The summed E-state index contributed by atoms with van der Waals surface area (Å²) in [4.78, 5) is 26.1. The lowest BCUT2D eigenvalue weighted by molar-refractivity contribution is 0.155. The molecule has 0 bridgehead atoms. The number of hydrogen-bond acceptors (Lipinski definition) is 2. The molecule has 0 atom stereocenters. The van der Waals surface area contributed by atoms with E-state index < -0.39 is 0 Å². The smallest absolute Gasteiger partial charge is 0.317 e. The quantitative estimate of drug-likeness (QED) is 0.754. The van der Waals surface area contributed by atoms with Crippen LogP contribution in [0.5, 0.6) is 0 Å². The Bertz CT molecular complexity index is 298. The second kappa shape index (κ2) is 5.25. The van der Waals surface area contributed by atoms with Crippen molar-refractivity contribution in [1.82, 2.24) is 20.4 Å². The van der Waals surface area contributed by atoms with Gasteiger partial charge < -0.3 is 20.4 Å². The largest absolute Gasteiger partial charge is 0.336 e. The summed E-state index contributed by atoms with van der Waals surface area (Å²) in [6.07, 6.45) is 2.92. The van der Waals surface area contributed by atoms with Crippen LogP contribution in [-0.2, 0) is 0 Å². The molecule has 0 radical (unpaired) electrons. The zero-order valence-corrected chi connectivity index (χ0v) is 11.0. The molecule has 98 valence electrons. The molecular weight excluding hydrogens is 220 g/mol. The molecule has 1 saturated carbocycles. The highest BCUT2D eigenvalue weighted by atomic mass is 16.2. The third-order valence-corrected chi connectivity index (χ3v) is 3.07. The van der Waals surface area contributed by atoms with E-state index in [-0.39, 0.29) is 17.6 Å². The first-order valence-corrected chi connectivity index (χ1v) is 5.81. The summed E-state index contributed by atoms with van der Waals surface area (Å²) in [6, 6.07) is -0.237. The van der Waals surface area contributed by atoms with Crippen LogP contribution in [0.1, 0.15) is 19.3 Å². The van der Waals surface area contributed by atoms with Gasteiger partial charge in [0.25, 0.3) is 0 Å². The summed E-state index contributed by atoms with van der Waals surface area (Å²) in [5.74, 6) is 0. The predicted molar refractivity (Wildman–Crippen MR) is 65.9 cm³/mol. The zero-order valence-electron chi connectivity index (χ0n) is 11.0.